The van der Waals surface area contributed by atoms with Gasteiger partial charge in [0, 0.05) is 32.3 Å². The lowest BCUT2D eigenvalue weighted by atomic mass is 10.00. The molecular formula is C15H12Br2ClN. The molecule has 19 heavy (non-hydrogen) atoms. The zero-order valence-electron chi connectivity index (χ0n) is 10.4. The number of hydrogen-bond donors (Lipinski definition) is 0. The highest BCUT2D eigenvalue weighted by Gasteiger charge is 2.19. The first kappa shape index (κ1) is 13.6. The van der Waals surface area contributed by atoms with E-state index in [0.29, 0.717) is 0 Å². The zero-order chi connectivity index (χ0) is 13.6. The number of aryl methyl sites for hydroxylation is 2. The summed E-state index contributed by atoms with van der Waals surface area (Å²) in [6, 6.07) is 4.29. The average molecular weight is 402 g/mol. The monoisotopic (exact) mass is 399 g/mol. The van der Waals surface area contributed by atoms with Crippen LogP contribution in [0.15, 0.2) is 27.3 Å². The predicted octanol–water partition coefficient (Wildman–Crippen LogP) is 5.26. The lowest BCUT2D eigenvalue weighted by Gasteiger charge is -2.12. The van der Waals surface area contributed by atoms with Gasteiger partial charge in [-0.3, -0.25) is 4.98 Å². The highest BCUT2D eigenvalue weighted by atomic mass is 79.9. The number of hydrogen-bond acceptors (Lipinski definition) is 1. The Hall–Kier alpha value is -0.380. The molecule has 1 aliphatic carbocycles. The van der Waals surface area contributed by atoms with Crippen LogP contribution in [0.2, 0.25) is 5.02 Å². The summed E-state index contributed by atoms with van der Waals surface area (Å²) in [5, 5.41) is 0.839. The molecule has 0 unspecified atom stereocenters. The van der Waals surface area contributed by atoms with Gasteiger partial charge in [0.25, 0.3) is 0 Å². The molecule has 0 saturated carbocycles. The molecule has 0 spiro atoms. The van der Waals surface area contributed by atoms with E-state index in [1.807, 2.05) is 13.1 Å². The first-order chi connectivity index (χ1) is 9.06. The van der Waals surface area contributed by atoms with Crippen molar-refractivity contribution in [3.05, 3.63) is 60.2 Å². The van der Waals surface area contributed by atoms with Crippen LogP contribution < -0.4 is 0 Å². The minimum absolute atomic E-state index is 0.839. The second-order valence-corrected chi connectivity index (χ2v) is 6.99. The minimum atomic E-state index is 0.839. The molecule has 0 N–H and O–H groups in total. The first-order valence-corrected chi connectivity index (χ1v) is 8.12. The van der Waals surface area contributed by atoms with Gasteiger partial charge in [-0.1, -0.05) is 27.5 Å². The molecular weight excluding hydrogens is 389 g/mol. The third-order valence-electron chi connectivity index (χ3n) is 3.68. The fourth-order valence-electron chi connectivity index (χ4n) is 2.56. The molecule has 0 bridgehead atoms. The summed E-state index contributed by atoms with van der Waals surface area (Å²) < 4.78 is 2.18. The summed E-state index contributed by atoms with van der Waals surface area (Å²) >= 11 is 13.5. The van der Waals surface area contributed by atoms with E-state index in [1.165, 1.54) is 22.4 Å². The maximum atomic E-state index is 6.29. The maximum Gasteiger partial charge on any atom is 0.0480 e. The lowest BCUT2D eigenvalue weighted by Crippen LogP contribution is -1.98. The molecule has 0 fully saturated rings. The van der Waals surface area contributed by atoms with Crippen molar-refractivity contribution >= 4 is 43.5 Å². The highest BCUT2D eigenvalue weighted by molar-refractivity contribution is 9.10. The molecule has 2 aromatic rings. The van der Waals surface area contributed by atoms with Crippen molar-refractivity contribution in [2.75, 3.05) is 0 Å². The number of halogens is 3. The Morgan fingerprint density at radius 2 is 1.89 bits per heavy atom. The van der Waals surface area contributed by atoms with E-state index in [1.54, 1.807) is 0 Å². The number of benzene rings is 1. The van der Waals surface area contributed by atoms with Crippen LogP contribution in [0.25, 0.3) is 0 Å². The van der Waals surface area contributed by atoms with E-state index < -0.39 is 0 Å². The van der Waals surface area contributed by atoms with Crippen molar-refractivity contribution in [1.82, 2.24) is 4.98 Å². The van der Waals surface area contributed by atoms with Gasteiger partial charge in [-0.05, 0) is 70.1 Å². The minimum Gasteiger partial charge on any atom is -0.259 e. The fraction of sp³-hybridized carbons (Fsp3) is 0.267. The largest absolute Gasteiger partial charge is 0.259 e. The summed E-state index contributed by atoms with van der Waals surface area (Å²) in [7, 11) is 0. The smallest absolute Gasteiger partial charge is 0.0480 e. The number of fused-ring (bicyclic) bond motifs is 2. The molecule has 0 aliphatic heterocycles. The second-order valence-electron chi connectivity index (χ2n) is 4.87. The SMILES string of the molecule is Cc1c(Cl)cc2c(c1Br)Cc1ncc(Br)cc1CC2. The molecule has 1 aromatic carbocycles. The van der Waals surface area contributed by atoms with Crippen LogP contribution in [-0.4, -0.2) is 4.98 Å². The lowest BCUT2D eigenvalue weighted by molar-refractivity contribution is 0.949. The summed E-state index contributed by atoms with van der Waals surface area (Å²) in [5.74, 6) is 0. The third kappa shape index (κ3) is 2.48. The molecule has 1 aromatic heterocycles. The van der Waals surface area contributed by atoms with Gasteiger partial charge in [0.1, 0.15) is 0 Å². The molecule has 98 valence electrons. The molecule has 4 heteroatoms. The number of nitrogens with zero attached hydrogens (tertiary/aromatic N) is 1. The van der Waals surface area contributed by atoms with Crippen LogP contribution in [0, 0.1) is 6.92 Å². The van der Waals surface area contributed by atoms with Gasteiger partial charge in [0.2, 0.25) is 0 Å². The van der Waals surface area contributed by atoms with Crippen LogP contribution in [0.1, 0.15) is 27.9 Å². The Balaban J connectivity index is 2.15. The Morgan fingerprint density at radius 1 is 1.16 bits per heavy atom. The first-order valence-electron chi connectivity index (χ1n) is 6.16. The van der Waals surface area contributed by atoms with Crippen molar-refractivity contribution in [2.45, 2.75) is 26.2 Å². The third-order valence-corrected chi connectivity index (χ3v) is 5.58. The zero-order valence-corrected chi connectivity index (χ0v) is 14.4. The van der Waals surface area contributed by atoms with Crippen molar-refractivity contribution in [3.8, 4) is 0 Å². The quantitative estimate of drug-likeness (QED) is 0.587. The predicted molar refractivity (Wildman–Crippen MR) is 86.0 cm³/mol. The van der Waals surface area contributed by atoms with Crippen molar-refractivity contribution in [3.63, 3.8) is 0 Å². The normalized spacial score (nSPS) is 13.7. The van der Waals surface area contributed by atoms with Crippen LogP contribution in [0.3, 0.4) is 0 Å². The van der Waals surface area contributed by atoms with Crippen molar-refractivity contribution in [2.24, 2.45) is 0 Å². The van der Waals surface area contributed by atoms with Gasteiger partial charge in [-0.15, -0.1) is 0 Å². The summed E-state index contributed by atoms with van der Waals surface area (Å²) in [6.07, 6.45) is 4.77. The Morgan fingerprint density at radius 3 is 2.68 bits per heavy atom. The molecule has 0 amide bonds. The van der Waals surface area contributed by atoms with E-state index >= 15 is 0 Å². The molecule has 0 saturated heterocycles. The fourth-order valence-corrected chi connectivity index (χ4v) is 3.88. The van der Waals surface area contributed by atoms with Crippen LogP contribution in [-0.2, 0) is 19.3 Å². The highest BCUT2D eigenvalue weighted by Crippen LogP contribution is 2.35. The molecule has 1 aliphatic rings. The Labute approximate surface area is 134 Å². The maximum absolute atomic E-state index is 6.29. The second kappa shape index (κ2) is 5.19. The standard InChI is InChI=1S/C15H12Br2ClN/c1-8-13(18)5-9-2-3-10-4-11(16)7-19-14(10)6-12(9)15(8)17/h4-5,7H,2-3,6H2,1H3. The van der Waals surface area contributed by atoms with Gasteiger partial charge in [0.15, 0.2) is 0 Å². The molecule has 0 radical (unpaired) electrons. The van der Waals surface area contributed by atoms with E-state index in [-0.39, 0.29) is 0 Å². The van der Waals surface area contributed by atoms with E-state index in [0.717, 1.165) is 38.8 Å². The van der Waals surface area contributed by atoms with E-state index in [9.17, 15) is 0 Å². The van der Waals surface area contributed by atoms with Gasteiger partial charge in [0.05, 0.1) is 0 Å². The number of pyridine rings is 1. The Kier molecular flexibility index (Phi) is 3.71. The van der Waals surface area contributed by atoms with Gasteiger partial charge < -0.3 is 0 Å². The van der Waals surface area contributed by atoms with Crippen molar-refractivity contribution < 1.29 is 0 Å². The number of aromatic nitrogens is 1. The average Bonchev–Trinajstić information content (AvgIpc) is 2.56. The van der Waals surface area contributed by atoms with Gasteiger partial charge >= 0.3 is 0 Å². The molecule has 3 rings (SSSR count). The summed E-state index contributed by atoms with van der Waals surface area (Å²) in [4.78, 5) is 4.57. The van der Waals surface area contributed by atoms with E-state index in [4.69, 9.17) is 11.6 Å². The number of rotatable bonds is 0. The summed E-state index contributed by atoms with van der Waals surface area (Å²) in [5.41, 5.74) is 6.27. The van der Waals surface area contributed by atoms with Gasteiger partial charge in [-0.2, -0.15) is 0 Å². The van der Waals surface area contributed by atoms with Crippen LogP contribution >= 0.6 is 43.5 Å². The van der Waals surface area contributed by atoms with Crippen LogP contribution in [0.5, 0.6) is 0 Å². The van der Waals surface area contributed by atoms with Crippen molar-refractivity contribution in [1.29, 1.82) is 0 Å². The molecule has 0 atom stereocenters. The van der Waals surface area contributed by atoms with Crippen LogP contribution in [0.4, 0.5) is 0 Å². The molecule has 1 nitrogen and oxygen atoms in total. The molecule has 1 heterocycles. The van der Waals surface area contributed by atoms with E-state index in [2.05, 4.69) is 49.0 Å². The van der Waals surface area contributed by atoms with Gasteiger partial charge in [-0.25, -0.2) is 0 Å². The topological polar surface area (TPSA) is 12.9 Å². The Bertz CT molecular complexity index is 668. The summed E-state index contributed by atoms with van der Waals surface area (Å²) in [6.45, 7) is 2.05.